The summed E-state index contributed by atoms with van der Waals surface area (Å²) in [5.41, 5.74) is 2.51. The van der Waals surface area contributed by atoms with Crippen LogP contribution in [0.15, 0.2) is 47.1 Å². The van der Waals surface area contributed by atoms with Gasteiger partial charge in [-0.2, -0.15) is 10.1 Å². The summed E-state index contributed by atoms with van der Waals surface area (Å²) in [6.07, 6.45) is 1.67. The molecule has 5 nitrogen and oxygen atoms in total. The van der Waals surface area contributed by atoms with Gasteiger partial charge in [-0.3, -0.25) is 4.68 Å². The van der Waals surface area contributed by atoms with Crippen molar-refractivity contribution >= 4 is 27.5 Å². The Morgan fingerprint density at radius 3 is 2.86 bits per heavy atom. The average Bonchev–Trinajstić information content (AvgIpc) is 2.84. The zero-order valence-electron chi connectivity index (χ0n) is 11.7. The Bertz CT molecular complexity index is 786. The van der Waals surface area contributed by atoms with Crippen LogP contribution in [0.1, 0.15) is 5.69 Å². The Hall–Kier alpha value is -1.92. The summed E-state index contributed by atoms with van der Waals surface area (Å²) in [5, 5.41) is 4.77. The molecule has 0 saturated carbocycles. The van der Waals surface area contributed by atoms with Gasteiger partial charge in [0.25, 0.3) is 0 Å². The summed E-state index contributed by atoms with van der Waals surface area (Å²) in [5.74, 6) is 0. The van der Waals surface area contributed by atoms with Crippen LogP contribution in [0.3, 0.4) is 0 Å². The van der Waals surface area contributed by atoms with E-state index in [2.05, 4.69) is 31.0 Å². The Morgan fingerprint density at radius 1 is 1.27 bits per heavy atom. The summed E-state index contributed by atoms with van der Waals surface area (Å²) in [7, 11) is 1.77. The topological polar surface area (TPSA) is 52.8 Å². The smallest absolute Gasteiger partial charge is 0.317 e. The van der Waals surface area contributed by atoms with Crippen LogP contribution < -0.4 is 4.74 Å². The fourth-order valence-corrected chi connectivity index (χ4v) is 2.49. The van der Waals surface area contributed by atoms with E-state index in [4.69, 9.17) is 16.3 Å². The Kier molecular flexibility index (Phi) is 4.40. The molecule has 0 aliphatic carbocycles. The molecule has 0 saturated heterocycles. The van der Waals surface area contributed by atoms with Crippen molar-refractivity contribution in [3.8, 4) is 17.3 Å². The molecule has 0 fully saturated rings. The summed E-state index contributed by atoms with van der Waals surface area (Å²) in [6, 6.07) is 11.8. The maximum atomic E-state index is 5.94. The second kappa shape index (κ2) is 6.46. The predicted molar refractivity (Wildman–Crippen MR) is 87.7 cm³/mol. The molecule has 0 amide bonds. The first-order valence-corrected chi connectivity index (χ1v) is 7.69. The minimum Gasteiger partial charge on any atom is -0.457 e. The molecule has 0 spiro atoms. The van der Waals surface area contributed by atoms with E-state index in [1.807, 2.05) is 30.3 Å². The van der Waals surface area contributed by atoms with E-state index in [1.165, 1.54) is 0 Å². The van der Waals surface area contributed by atoms with E-state index in [0.29, 0.717) is 11.2 Å². The van der Waals surface area contributed by atoms with Crippen molar-refractivity contribution in [1.82, 2.24) is 19.7 Å². The van der Waals surface area contributed by atoms with E-state index in [0.717, 1.165) is 21.4 Å². The lowest BCUT2D eigenvalue weighted by Gasteiger charge is -2.05. The van der Waals surface area contributed by atoms with Gasteiger partial charge < -0.3 is 4.74 Å². The first-order valence-electron chi connectivity index (χ1n) is 6.52. The molecule has 2 aromatic heterocycles. The number of hydrogen-bond donors (Lipinski definition) is 0. The van der Waals surface area contributed by atoms with E-state index >= 15 is 0 Å². The van der Waals surface area contributed by atoms with Crippen molar-refractivity contribution in [2.24, 2.45) is 7.05 Å². The molecule has 0 aliphatic rings. The number of hydrogen-bond acceptors (Lipinski definition) is 4. The molecule has 112 valence electrons. The number of aromatic nitrogens is 4. The average molecular weight is 380 g/mol. The molecule has 3 aromatic rings. The van der Waals surface area contributed by atoms with Crippen molar-refractivity contribution in [2.45, 2.75) is 6.61 Å². The van der Waals surface area contributed by atoms with Crippen LogP contribution in [0.25, 0.3) is 11.3 Å². The third kappa shape index (κ3) is 3.45. The molecule has 3 rings (SSSR count). The zero-order valence-corrected chi connectivity index (χ0v) is 14.0. The first kappa shape index (κ1) is 15.0. The number of nitrogens with zero attached hydrogens (tertiary/aromatic N) is 4. The Morgan fingerprint density at radius 2 is 2.14 bits per heavy atom. The minimum absolute atomic E-state index is 0.266. The van der Waals surface area contributed by atoms with Gasteiger partial charge in [-0.1, -0.05) is 39.7 Å². The van der Waals surface area contributed by atoms with Gasteiger partial charge in [-0.15, -0.1) is 0 Å². The van der Waals surface area contributed by atoms with Crippen LogP contribution >= 0.6 is 27.5 Å². The lowest BCUT2D eigenvalue weighted by molar-refractivity contribution is 0.275. The third-order valence-corrected chi connectivity index (χ3v) is 3.82. The zero-order chi connectivity index (χ0) is 15.5. The van der Waals surface area contributed by atoms with E-state index in [9.17, 15) is 0 Å². The van der Waals surface area contributed by atoms with Crippen molar-refractivity contribution in [1.29, 1.82) is 0 Å². The second-order valence-corrected chi connectivity index (χ2v) is 5.91. The monoisotopic (exact) mass is 378 g/mol. The van der Waals surface area contributed by atoms with E-state index in [1.54, 1.807) is 24.0 Å². The highest BCUT2D eigenvalue weighted by Crippen LogP contribution is 2.22. The largest absolute Gasteiger partial charge is 0.457 e. The van der Waals surface area contributed by atoms with Gasteiger partial charge >= 0.3 is 6.01 Å². The second-order valence-electron chi connectivity index (χ2n) is 4.61. The molecule has 0 aliphatic heterocycles. The van der Waals surface area contributed by atoms with Gasteiger partial charge in [0.15, 0.2) is 0 Å². The molecule has 0 N–H and O–H groups in total. The molecule has 0 unspecified atom stereocenters. The summed E-state index contributed by atoms with van der Waals surface area (Å²) >= 11 is 9.39. The number of halogens is 2. The van der Waals surface area contributed by atoms with Gasteiger partial charge in [-0.05, 0) is 18.2 Å². The predicted octanol–water partition coefficient (Wildman–Crippen LogP) is 3.87. The molecule has 0 atom stereocenters. The fourth-order valence-electron chi connectivity index (χ4n) is 1.93. The lowest BCUT2D eigenvalue weighted by atomic mass is 10.1. The first-order chi connectivity index (χ1) is 10.6. The normalized spacial score (nSPS) is 10.7. The van der Waals surface area contributed by atoms with Gasteiger partial charge in [0.2, 0.25) is 0 Å². The van der Waals surface area contributed by atoms with Crippen LogP contribution in [0.2, 0.25) is 5.15 Å². The maximum absolute atomic E-state index is 5.94. The van der Waals surface area contributed by atoms with Crippen LogP contribution in [-0.4, -0.2) is 19.7 Å². The molecule has 0 bridgehead atoms. The summed E-state index contributed by atoms with van der Waals surface area (Å²) in [4.78, 5) is 8.53. The third-order valence-electron chi connectivity index (χ3n) is 2.98. The van der Waals surface area contributed by atoms with Crippen LogP contribution in [-0.2, 0) is 13.7 Å². The quantitative estimate of drug-likeness (QED) is 0.690. The highest BCUT2D eigenvalue weighted by atomic mass is 79.9. The fraction of sp³-hybridized carbons (Fsp3) is 0.133. The number of rotatable bonds is 4. The highest BCUT2D eigenvalue weighted by molar-refractivity contribution is 9.10. The SMILES string of the molecule is Cn1nc(COc2nccc(-c3cccc(Br)c3)n2)cc1Cl. The Balaban J connectivity index is 1.76. The number of benzene rings is 1. The minimum atomic E-state index is 0.266. The highest BCUT2D eigenvalue weighted by Gasteiger charge is 2.07. The van der Waals surface area contributed by atoms with Crippen molar-refractivity contribution < 1.29 is 4.74 Å². The lowest BCUT2D eigenvalue weighted by Crippen LogP contribution is -2.01. The summed E-state index contributed by atoms with van der Waals surface area (Å²) < 4.78 is 8.16. The van der Waals surface area contributed by atoms with E-state index < -0.39 is 0 Å². The van der Waals surface area contributed by atoms with Gasteiger partial charge in [0.1, 0.15) is 17.5 Å². The van der Waals surface area contributed by atoms with Crippen molar-refractivity contribution in [2.75, 3.05) is 0 Å². The van der Waals surface area contributed by atoms with Crippen molar-refractivity contribution in [3.63, 3.8) is 0 Å². The van der Waals surface area contributed by atoms with Gasteiger partial charge in [0, 0.05) is 29.3 Å². The van der Waals surface area contributed by atoms with Crippen LogP contribution in [0.5, 0.6) is 6.01 Å². The van der Waals surface area contributed by atoms with Crippen LogP contribution in [0.4, 0.5) is 0 Å². The molecule has 0 radical (unpaired) electrons. The summed E-state index contributed by atoms with van der Waals surface area (Å²) in [6.45, 7) is 0.266. The standard InChI is InChI=1S/C15H12BrClN4O/c1-21-14(17)8-12(20-21)9-22-15-18-6-5-13(19-15)10-3-2-4-11(16)7-10/h2-8H,9H2,1H3. The van der Waals surface area contributed by atoms with Crippen LogP contribution in [0, 0.1) is 0 Å². The Labute approximate surface area is 141 Å². The van der Waals surface area contributed by atoms with Gasteiger partial charge in [-0.25, -0.2) is 4.98 Å². The molecule has 1 aromatic carbocycles. The van der Waals surface area contributed by atoms with Gasteiger partial charge in [0.05, 0.1) is 5.69 Å². The van der Waals surface area contributed by atoms with E-state index in [-0.39, 0.29) is 6.61 Å². The number of aryl methyl sites for hydroxylation is 1. The van der Waals surface area contributed by atoms with Crippen molar-refractivity contribution in [3.05, 3.63) is 57.9 Å². The molecular formula is C15H12BrClN4O. The molecular weight excluding hydrogens is 368 g/mol. The molecule has 2 heterocycles. The maximum Gasteiger partial charge on any atom is 0.317 e. The molecule has 7 heteroatoms. The molecule has 22 heavy (non-hydrogen) atoms. The number of ether oxygens (including phenoxy) is 1.